The molecule has 4 N–H and O–H groups in total. The molecule has 0 unspecified atom stereocenters. The highest BCUT2D eigenvalue weighted by atomic mass is 16.1. The number of nitrogen functional groups attached to an aromatic ring is 1. The molecule has 0 aliphatic heterocycles. The standard InChI is InChI=1S/C12H21N5O/c1-3-6-14-10(18)5-7-15-12-9(4-2)11(13)16-8-17-12/h8H,3-7H2,1-2H3,(H,14,18)(H3,13,15,16,17). The lowest BCUT2D eigenvalue weighted by atomic mass is 10.2. The maximum absolute atomic E-state index is 11.4. The molecule has 1 rings (SSSR count). The van der Waals surface area contributed by atoms with E-state index in [0.29, 0.717) is 24.6 Å². The number of anilines is 2. The summed E-state index contributed by atoms with van der Waals surface area (Å²) in [6, 6.07) is 0. The van der Waals surface area contributed by atoms with Crippen molar-refractivity contribution in [3.63, 3.8) is 0 Å². The molecule has 0 aliphatic carbocycles. The van der Waals surface area contributed by atoms with Crippen molar-refractivity contribution < 1.29 is 4.79 Å². The van der Waals surface area contributed by atoms with Gasteiger partial charge < -0.3 is 16.4 Å². The van der Waals surface area contributed by atoms with Gasteiger partial charge in [-0.2, -0.15) is 0 Å². The Morgan fingerprint density at radius 1 is 1.33 bits per heavy atom. The monoisotopic (exact) mass is 251 g/mol. The second kappa shape index (κ2) is 7.47. The zero-order valence-electron chi connectivity index (χ0n) is 11.0. The van der Waals surface area contributed by atoms with Crippen molar-refractivity contribution in [1.29, 1.82) is 0 Å². The minimum absolute atomic E-state index is 0.0458. The number of nitrogens with zero attached hydrogens (tertiary/aromatic N) is 2. The molecule has 0 aromatic carbocycles. The maximum atomic E-state index is 11.4. The van der Waals surface area contributed by atoms with Crippen LogP contribution in [0.15, 0.2) is 6.33 Å². The van der Waals surface area contributed by atoms with E-state index < -0.39 is 0 Å². The zero-order chi connectivity index (χ0) is 13.4. The highest BCUT2D eigenvalue weighted by molar-refractivity contribution is 5.76. The van der Waals surface area contributed by atoms with Gasteiger partial charge in [-0.05, 0) is 12.8 Å². The predicted octanol–water partition coefficient (Wildman–Crippen LogP) is 0.949. The number of aromatic nitrogens is 2. The number of rotatable bonds is 7. The number of hydrogen-bond donors (Lipinski definition) is 3. The largest absolute Gasteiger partial charge is 0.383 e. The van der Waals surface area contributed by atoms with Gasteiger partial charge in [0.2, 0.25) is 5.91 Å². The average molecular weight is 251 g/mol. The number of nitrogens with one attached hydrogen (secondary N) is 2. The Labute approximate surface area is 107 Å². The van der Waals surface area contributed by atoms with Crippen molar-refractivity contribution in [1.82, 2.24) is 15.3 Å². The van der Waals surface area contributed by atoms with E-state index in [1.54, 1.807) is 0 Å². The lowest BCUT2D eigenvalue weighted by Crippen LogP contribution is -2.26. The summed E-state index contributed by atoms with van der Waals surface area (Å²) >= 11 is 0. The van der Waals surface area contributed by atoms with E-state index in [-0.39, 0.29) is 5.91 Å². The first-order chi connectivity index (χ1) is 8.69. The second-order valence-electron chi connectivity index (χ2n) is 3.97. The van der Waals surface area contributed by atoms with Crippen molar-refractivity contribution in [3.8, 4) is 0 Å². The smallest absolute Gasteiger partial charge is 0.221 e. The average Bonchev–Trinajstić information content (AvgIpc) is 2.36. The first-order valence-electron chi connectivity index (χ1n) is 6.28. The van der Waals surface area contributed by atoms with E-state index in [1.165, 1.54) is 6.33 Å². The normalized spacial score (nSPS) is 10.1. The van der Waals surface area contributed by atoms with E-state index in [1.807, 2.05) is 13.8 Å². The third-order valence-electron chi connectivity index (χ3n) is 2.55. The topological polar surface area (TPSA) is 92.9 Å². The maximum Gasteiger partial charge on any atom is 0.221 e. The van der Waals surface area contributed by atoms with Gasteiger partial charge in [-0.25, -0.2) is 9.97 Å². The molecule has 0 spiro atoms. The SMILES string of the molecule is CCCNC(=O)CCNc1ncnc(N)c1CC. The molecule has 1 heterocycles. The minimum Gasteiger partial charge on any atom is -0.383 e. The van der Waals surface area contributed by atoms with Crippen LogP contribution < -0.4 is 16.4 Å². The molecule has 1 aromatic heterocycles. The summed E-state index contributed by atoms with van der Waals surface area (Å²) in [5.41, 5.74) is 6.65. The summed E-state index contributed by atoms with van der Waals surface area (Å²) in [6.45, 7) is 5.28. The molecule has 0 saturated carbocycles. The third kappa shape index (κ3) is 4.20. The summed E-state index contributed by atoms with van der Waals surface area (Å²) in [6.07, 6.45) is 3.56. The van der Waals surface area contributed by atoms with E-state index in [2.05, 4.69) is 20.6 Å². The van der Waals surface area contributed by atoms with Crippen LogP contribution in [0.25, 0.3) is 0 Å². The number of carbonyl (C=O) groups is 1. The fourth-order valence-electron chi connectivity index (χ4n) is 1.57. The van der Waals surface area contributed by atoms with E-state index >= 15 is 0 Å². The van der Waals surface area contributed by atoms with Crippen molar-refractivity contribution >= 4 is 17.5 Å². The fourth-order valence-corrected chi connectivity index (χ4v) is 1.57. The molecule has 18 heavy (non-hydrogen) atoms. The number of carbonyl (C=O) groups excluding carboxylic acids is 1. The highest BCUT2D eigenvalue weighted by Crippen LogP contribution is 2.17. The molecule has 6 heteroatoms. The molecule has 0 atom stereocenters. The lowest BCUT2D eigenvalue weighted by molar-refractivity contribution is -0.120. The fraction of sp³-hybridized carbons (Fsp3) is 0.583. The summed E-state index contributed by atoms with van der Waals surface area (Å²) in [5.74, 6) is 1.25. The number of amides is 1. The Bertz CT molecular complexity index is 394. The predicted molar refractivity (Wildman–Crippen MR) is 72.2 cm³/mol. The Hall–Kier alpha value is -1.85. The molecule has 100 valence electrons. The van der Waals surface area contributed by atoms with Gasteiger partial charge in [-0.15, -0.1) is 0 Å². The van der Waals surface area contributed by atoms with Crippen molar-refractivity contribution in [3.05, 3.63) is 11.9 Å². The zero-order valence-corrected chi connectivity index (χ0v) is 11.0. The van der Waals surface area contributed by atoms with Gasteiger partial charge in [-0.1, -0.05) is 13.8 Å². The van der Waals surface area contributed by atoms with Crippen LogP contribution in [0.3, 0.4) is 0 Å². The third-order valence-corrected chi connectivity index (χ3v) is 2.55. The molecular formula is C12H21N5O. The molecule has 0 bridgehead atoms. The Balaban J connectivity index is 2.44. The molecule has 0 saturated heterocycles. The van der Waals surface area contributed by atoms with Gasteiger partial charge >= 0.3 is 0 Å². The molecule has 0 fully saturated rings. The van der Waals surface area contributed by atoms with Crippen LogP contribution in [0.4, 0.5) is 11.6 Å². The van der Waals surface area contributed by atoms with Crippen LogP contribution >= 0.6 is 0 Å². The quantitative estimate of drug-likeness (QED) is 0.671. The summed E-state index contributed by atoms with van der Waals surface area (Å²) in [4.78, 5) is 19.5. The molecule has 1 aromatic rings. The van der Waals surface area contributed by atoms with Crippen LogP contribution in [0, 0.1) is 0 Å². The number of hydrogen-bond acceptors (Lipinski definition) is 5. The van der Waals surface area contributed by atoms with Crippen LogP contribution in [0.1, 0.15) is 32.3 Å². The van der Waals surface area contributed by atoms with Crippen LogP contribution in [0.5, 0.6) is 0 Å². The van der Waals surface area contributed by atoms with Gasteiger partial charge in [0.05, 0.1) is 0 Å². The molecule has 6 nitrogen and oxygen atoms in total. The first kappa shape index (κ1) is 14.2. The Morgan fingerprint density at radius 3 is 2.78 bits per heavy atom. The summed E-state index contributed by atoms with van der Waals surface area (Å²) in [5, 5.41) is 5.94. The van der Waals surface area contributed by atoms with Gasteiger partial charge in [0.15, 0.2) is 0 Å². The minimum atomic E-state index is 0.0458. The Kier molecular flexibility index (Phi) is 5.90. The van der Waals surface area contributed by atoms with Gasteiger partial charge in [0, 0.05) is 25.1 Å². The van der Waals surface area contributed by atoms with Crippen LogP contribution in [0.2, 0.25) is 0 Å². The lowest BCUT2D eigenvalue weighted by Gasteiger charge is -2.10. The van der Waals surface area contributed by atoms with E-state index in [4.69, 9.17) is 5.73 Å². The van der Waals surface area contributed by atoms with Gasteiger partial charge in [-0.3, -0.25) is 4.79 Å². The van der Waals surface area contributed by atoms with Gasteiger partial charge in [0.25, 0.3) is 0 Å². The summed E-state index contributed by atoms with van der Waals surface area (Å²) in [7, 11) is 0. The van der Waals surface area contributed by atoms with E-state index in [0.717, 1.165) is 24.9 Å². The van der Waals surface area contributed by atoms with E-state index in [9.17, 15) is 4.79 Å². The summed E-state index contributed by atoms with van der Waals surface area (Å²) < 4.78 is 0. The van der Waals surface area contributed by atoms with Crippen LogP contribution in [-0.2, 0) is 11.2 Å². The molecule has 1 amide bonds. The van der Waals surface area contributed by atoms with Gasteiger partial charge in [0.1, 0.15) is 18.0 Å². The van der Waals surface area contributed by atoms with Crippen molar-refractivity contribution in [2.45, 2.75) is 33.1 Å². The van der Waals surface area contributed by atoms with Crippen molar-refractivity contribution in [2.75, 3.05) is 24.1 Å². The molecule has 0 radical (unpaired) electrons. The molecule has 0 aliphatic rings. The highest BCUT2D eigenvalue weighted by Gasteiger charge is 2.07. The number of nitrogens with two attached hydrogens (primary N) is 1. The second-order valence-corrected chi connectivity index (χ2v) is 3.97. The molecular weight excluding hydrogens is 230 g/mol. The Morgan fingerprint density at radius 2 is 2.11 bits per heavy atom. The van der Waals surface area contributed by atoms with Crippen LogP contribution in [-0.4, -0.2) is 29.0 Å². The van der Waals surface area contributed by atoms with Crippen molar-refractivity contribution in [2.24, 2.45) is 0 Å². The first-order valence-corrected chi connectivity index (χ1v) is 6.28.